The van der Waals surface area contributed by atoms with E-state index in [1.54, 1.807) is 4.57 Å². The Morgan fingerprint density at radius 1 is 1.05 bits per heavy atom. The standard InChI is InChI=1S/C19H22N2O/c1-6-15-9-7-8-10-16(15)17-13(3)14(4)18-19(22)20(5)11-12(2)21(17)18/h7-11H,6H2,1-5H3. The number of hydrogen-bond acceptors (Lipinski definition) is 1. The van der Waals surface area contributed by atoms with Crippen molar-refractivity contribution < 1.29 is 0 Å². The number of nitrogens with zero attached hydrogens (tertiary/aromatic N) is 2. The molecule has 1 aromatic carbocycles. The molecule has 114 valence electrons. The van der Waals surface area contributed by atoms with Gasteiger partial charge in [0, 0.05) is 24.5 Å². The average Bonchev–Trinajstić information content (AvgIpc) is 2.78. The van der Waals surface area contributed by atoms with Crippen molar-refractivity contribution in [2.75, 3.05) is 0 Å². The molecule has 0 aliphatic heterocycles. The molecular weight excluding hydrogens is 272 g/mol. The summed E-state index contributed by atoms with van der Waals surface area (Å²) in [7, 11) is 1.82. The minimum absolute atomic E-state index is 0.0615. The van der Waals surface area contributed by atoms with Gasteiger partial charge in [0.05, 0.1) is 5.69 Å². The molecule has 3 nitrogen and oxygen atoms in total. The molecule has 0 radical (unpaired) electrons. The zero-order valence-corrected chi connectivity index (χ0v) is 13.9. The highest BCUT2D eigenvalue weighted by molar-refractivity contribution is 5.77. The van der Waals surface area contributed by atoms with E-state index in [0.29, 0.717) is 0 Å². The molecule has 3 rings (SSSR count). The summed E-state index contributed by atoms with van der Waals surface area (Å²) in [6.45, 7) is 8.39. The normalized spacial score (nSPS) is 11.3. The minimum atomic E-state index is 0.0615. The second kappa shape index (κ2) is 5.16. The van der Waals surface area contributed by atoms with Crippen LogP contribution in [0, 0.1) is 20.8 Å². The molecular formula is C19H22N2O. The lowest BCUT2D eigenvalue weighted by molar-refractivity contribution is 0.829. The number of hydrogen-bond donors (Lipinski definition) is 0. The van der Waals surface area contributed by atoms with Crippen LogP contribution in [0.15, 0.2) is 35.3 Å². The molecule has 0 atom stereocenters. The maximum atomic E-state index is 12.6. The zero-order valence-electron chi connectivity index (χ0n) is 13.9. The Morgan fingerprint density at radius 2 is 1.73 bits per heavy atom. The number of fused-ring (bicyclic) bond motifs is 1. The Hall–Kier alpha value is -2.29. The molecule has 3 heteroatoms. The Kier molecular flexibility index (Phi) is 3.44. The van der Waals surface area contributed by atoms with Crippen LogP contribution in [0.5, 0.6) is 0 Å². The van der Waals surface area contributed by atoms with Crippen LogP contribution in [-0.2, 0) is 13.5 Å². The van der Waals surface area contributed by atoms with Gasteiger partial charge in [0.25, 0.3) is 5.56 Å². The Morgan fingerprint density at radius 3 is 2.41 bits per heavy atom. The molecule has 0 amide bonds. The van der Waals surface area contributed by atoms with Crippen molar-refractivity contribution in [3.63, 3.8) is 0 Å². The SMILES string of the molecule is CCc1ccccc1-c1c(C)c(C)c2c(=O)n(C)cc(C)n12. The lowest BCUT2D eigenvalue weighted by Crippen LogP contribution is -2.20. The number of benzene rings is 1. The maximum absolute atomic E-state index is 12.6. The first-order valence-electron chi connectivity index (χ1n) is 7.73. The smallest absolute Gasteiger partial charge is 0.274 e. The van der Waals surface area contributed by atoms with Crippen LogP contribution in [0.1, 0.15) is 29.3 Å². The molecule has 3 aromatic rings. The van der Waals surface area contributed by atoms with Gasteiger partial charge in [-0.25, -0.2) is 0 Å². The number of aryl methyl sites for hydroxylation is 4. The summed E-state index contributed by atoms with van der Waals surface area (Å²) < 4.78 is 3.80. The van der Waals surface area contributed by atoms with E-state index < -0.39 is 0 Å². The highest BCUT2D eigenvalue weighted by Gasteiger charge is 2.19. The summed E-state index contributed by atoms with van der Waals surface area (Å²) in [5, 5.41) is 0. The summed E-state index contributed by atoms with van der Waals surface area (Å²) in [5.41, 5.74) is 7.88. The van der Waals surface area contributed by atoms with Crippen molar-refractivity contribution in [3.05, 3.63) is 63.2 Å². The van der Waals surface area contributed by atoms with Gasteiger partial charge >= 0.3 is 0 Å². The summed E-state index contributed by atoms with van der Waals surface area (Å²) in [6.07, 6.45) is 2.89. The van der Waals surface area contributed by atoms with E-state index in [1.807, 2.05) is 20.2 Å². The topological polar surface area (TPSA) is 26.4 Å². The predicted molar refractivity (Wildman–Crippen MR) is 91.7 cm³/mol. The first kappa shape index (κ1) is 14.6. The molecule has 0 N–H and O–H groups in total. The van der Waals surface area contributed by atoms with Crippen LogP contribution in [0.2, 0.25) is 0 Å². The van der Waals surface area contributed by atoms with Crippen LogP contribution >= 0.6 is 0 Å². The largest absolute Gasteiger partial charge is 0.315 e. The quantitative estimate of drug-likeness (QED) is 0.706. The van der Waals surface area contributed by atoms with E-state index in [4.69, 9.17) is 0 Å². The molecule has 2 heterocycles. The molecule has 0 saturated heterocycles. The molecule has 0 aliphatic carbocycles. The first-order chi connectivity index (χ1) is 10.5. The number of aromatic nitrogens is 2. The van der Waals surface area contributed by atoms with Crippen LogP contribution in [0.25, 0.3) is 16.8 Å². The molecule has 2 aromatic heterocycles. The molecule has 0 saturated carbocycles. The van der Waals surface area contributed by atoms with Crippen LogP contribution in [0.3, 0.4) is 0 Å². The third-order valence-corrected chi connectivity index (χ3v) is 4.63. The third kappa shape index (κ3) is 1.92. The van der Waals surface area contributed by atoms with Crippen molar-refractivity contribution in [2.45, 2.75) is 34.1 Å². The Bertz CT molecular complexity index is 929. The third-order valence-electron chi connectivity index (χ3n) is 4.63. The summed E-state index contributed by atoms with van der Waals surface area (Å²) in [4.78, 5) is 12.6. The molecule has 22 heavy (non-hydrogen) atoms. The van der Waals surface area contributed by atoms with Gasteiger partial charge in [0.15, 0.2) is 0 Å². The van der Waals surface area contributed by atoms with Gasteiger partial charge in [0.2, 0.25) is 0 Å². The van der Waals surface area contributed by atoms with Gasteiger partial charge in [-0.15, -0.1) is 0 Å². The van der Waals surface area contributed by atoms with Crippen molar-refractivity contribution >= 4 is 5.52 Å². The molecule has 0 fully saturated rings. The van der Waals surface area contributed by atoms with Gasteiger partial charge in [-0.2, -0.15) is 0 Å². The molecule has 0 bridgehead atoms. The summed E-state index contributed by atoms with van der Waals surface area (Å²) in [6, 6.07) is 8.47. The van der Waals surface area contributed by atoms with E-state index in [0.717, 1.165) is 28.9 Å². The molecule has 0 unspecified atom stereocenters. The summed E-state index contributed by atoms with van der Waals surface area (Å²) in [5.74, 6) is 0. The van der Waals surface area contributed by atoms with Crippen molar-refractivity contribution in [3.8, 4) is 11.3 Å². The monoisotopic (exact) mass is 294 g/mol. The zero-order chi connectivity index (χ0) is 16.0. The van der Waals surface area contributed by atoms with E-state index in [-0.39, 0.29) is 5.56 Å². The van der Waals surface area contributed by atoms with Gasteiger partial charge in [-0.1, -0.05) is 31.2 Å². The fraction of sp³-hybridized carbons (Fsp3) is 0.316. The average molecular weight is 294 g/mol. The Balaban J connectivity index is 2.54. The van der Waals surface area contributed by atoms with Crippen molar-refractivity contribution in [1.29, 1.82) is 0 Å². The number of rotatable bonds is 2. The van der Waals surface area contributed by atoms with Gasteiger partial charge in [-0.05, 0) is 43.9 Å². The highest BCUT2D eigenvalue weighted by Crippen LogP contribution is 2.32. The second-order valence-corrected chi connectivity index (χ2v) is 5.98. The van der Waals surface area contributed by atoms with Crippen LogP contribution < -0.4 is 5.56 Å². The summed E-state index contributed by atoms with van der Waals surface area (Å²) >= 11 is 0. The fourth-order valence-electron chi connectivity index (χ4n) is 3.36. The van der Waals surface area contributed by atoms with Gasteiger partial charge in [-0.3, -0.25) is 4.79 Å². The first-order valence-corrected chi connectivity index (χ1v) is 7.73. The van der Waals surface area contributed by atoms with E-state index in [9.17, 15) is 4.79 Å². The lowest BCUT2D eigenvalue weighted by atomic mass is 9.99. The second-order valence-electron chi connectivity index (χ2n) is 5.98. The van der Waals surface area contributed by atoms with Crippen molar-refractivity contribution in [2.24, 2.45) is 7.05 Å². The van der Waals surface area contributed by atoms with Gasteiger partial charge < -0.3 is 8.97 Å². The molecule has 0 aliphatic rings. The lowest BCUT2D eigenvalue weighted by Gasteiger charge is -2.12. The molecule has 0 spiro atoms. The van der Waals surface area contributed by atoms with Gasteiger partial charge in [0.1, 0.15) is 5.52 Å². The fourth-order valence-corrected chi connectivity index (χ4v) is 3.36. The highest BCUT2D eigenvalue weighted by atomic mass is 16.1. The van der Waals surface area contributed by atoms with Crippen molar-refractivity contribution in [1.82, 2.24) is 8.97 Å². The van der Waals surface area contributed by atoms with E-state index in [1.165, 1.54) is 16.7 Å². The van der Waals surface area contributed by atoms with E-state index in [2.05, 4.69) is 49.4 Å². The van der Waals surface area contributed by atoms with Crippen LogP contribution in [0.4, 0.5) is 0 Å². The Labute approximate surface area is 130 Å². The van der Waals surface area contributed by atoms with E-state index >= 15 is 0 Å². The predicted octanol–water partition coefficient (Wildman–Crippen LogP) is 3.79. The minimum Gasteiger partial charge on any atom is -0.315 e. The maximum Gasteiger partial charge on any atom is 0.274 e. The van der Waals surface area contributed by atoms with Crippen LogP contribution in [-0.4, -0.2) is 8.97 Å².